The lowest BCUT2D eigenvalue weighted by molar-refractivity contribution is -0.139. The smallest absolute Gasteiger partial charge is 0.333 e. The van der Waals surface area contributed by atoms with Gasteiger partial charge in [0.15, 0.2) is 0 Å². The van der Waals surface area contributed by atoms with Crippen LogP contribution in [-0.4, -0.2) is 12.6 Å². The zero-order valence-electron chi connectivity index (χ0n) is 15.4. The van der Waals surface area contributed by atoms with Crippen LogP contribution >= 0.6 is 0 Å². The fraction of sp³-hybridized carbons (Fsp3) is 0.762. The summed E-state index contributed by atoms with van der Waals surface area (Å²) in [6, 6.07) is 0. The van der Waals surface area contributed by atoms with Crippen LogP contribution in [0.3, 0.4) is 0 Å². The van der Waals surface area contributed by atoms with Crippen molar-refractivity contribution in [2.45, 2.75) is 96.8 Å². The van der Waals surface area contributed by atoms with E-state index in [-0.39, 0.29) is 5.97 Å². The molecule has 0 fully saturated rings. The number of ether oxygens (including phenoxy) is 1. The first-order chi connectivity index (χ1) is 11.2. The Morgan fingerprint density at radius 2 is 1.17 bits per heavy atom. The average Bonchev–Trinajstić information content (AvgIpc) is 2.54. The highest BCUT2D eigenvalue weighted by Crippen LogP contribution is 2.13. The third kappa shape index (κ3) is 17.1. The molecule has 0 saturated heterocycles. The standard InChI is InChI=1S/C21H38O2/c1-4-5-6-7-8-9-10-11-12-13-14-15-16-17-18-19-23-21(22)20(2)3/h4H,1-2,5-19H2,3H3. The van der Waals surface area contributed by atoms with E-state index < -0.39 is 0 Å². The lowest BCUT2D eigenvalue weighted by Gasteiger charge is -2.04. The van der Waals surface area contributed by atoms with Gasteiger partial charge < -0.3 is 4.74 Å². The quantitative estimate of drug-likeness (QED) is 0.128. The first kappa shape index (κ1) is 21.9. The Balaban J connectivity index is 3.06. The largest absolute Gasteiger partial charge is 0.462 e. The Morgan fingerprint density at radius 3 is 1.57 bits per heavy atom. The Bertz CT molecular complexity index is 307. The van der Waals surface area contributed by atoms with Gasteiger partial charge in [-0.15, -0.1) is 6.58 Å². The van der Waals surface area contributed by atoms with Crippen molar-refractivity contribution in [3.63, 3.8) is 0 Å². The summed E-state index contributed by atoms with van der Waals surface area (Å²) < 4.78 is 5.07. The number of unbranched alkanes of at least 4 members (excludes halogenated alkanes) is 13. The van der Waals surface area contributed by atoms with Crippen LogP contribution in [0.15, 0.2) is 24.8 Å². The van der Waals surface area contributed by atoms with Crippen LogP contribution in [0.5, 0.6) is 0 Å². The van der Waals surface area contributed by atoms with Gasteiger partial charge in [-0.05, 0) is 26.2 Å². The fourth-order valence-corrected chi connectivity index (χ4v) is 2.62. The van der Waals surface area contributed by atoms with Crippen LogP contribution < -0.4 is 0 Å². The fourth-order valence-electron chi connectivity index (χ4n) is 2.62. The highest BCUT2D eigenvalue weighted by atomic mass is 16.5. The van der Waals surface area contributed by atoms with Gasteiger partial charge in [0.25, 0.3) is 0 Å². The molecule has 0 aromatic carbocycles. The predicted molar refractivity (Wildman–Crippen MR) is 101 cm³/mol. The molecule has 0 saturated carbocycles. The van der Waals surface area contributed by atoms with Crippen molar-refractivity contribution < 1.29 is 9.53 Å². The molecule has 0 aliphatic heterocycles. The van der Waals surface area contributed by atoms with Crippen LogP contribution in [0, 0.1) is 0 Å². The molecule has 0 aliphatic rings. The minimum Gasteiger partial charge on any atom is -0.462 e. The van der Waals surface area contributed by atoms with E-state index in [9.17, 15) is 4.79 Å². The highest BCUT2D eigenvalue weighted by Gasteiger charge is 2.01. The molecule has 0 aromatic rings. The number of carbonyl (C=O) groups is 1. The lowest BCUT2D eigenvalue weighted by atomic mass is 10.0. The molecule has 0 aliphatic carbocycles. The molecule has 2 heteroatoms. The summed E-state index contributed by atoms with van der Waals surface area (Å²) in [5.41, 5.74) is 0.488. The summed E-state index contributed by atoms with van der Waals surface area (Å²) >= 11 is 0. The second-order valence-electron chi connectivity index (χ2n) is 6.59. The zero-order chi connectivity index (χ0) is 17.2. The maximum Gasteiger partial charge on any atom is 0.333 e. The Labute approximate surface area is 144 Å². The molecule has 0 N–H and O–H groups in total. The van der Waals surface area contributed by atoms with Crippen LogP contribution in [-0.2, 0) is 9.53 Å². The maximum atomic E-state index is 11.2. The van der Waals surface area contributed by atoms with Gasteiger partial charge in [-0.25, -0.2) is 4.79 Å². The van der Waals surface area contributed by atoms with Gasteiger partial charge in [-0.1, -0.05) is 83.3 Å². The molecular formula is C21H38O2. The topological polar surface area (TPSA) is 26.3 Å². The van der Waals surface area contributed by atoms with Crippen molar-refractivity contribution in [2.24, 2.45) is 0 Å². The number of allylic oxidation sites excluding steroid dienone is 1. The van der Waals surface area contributed by atoms with Gasteiger partial charge in [-0.2, -0.15) is 0 Å². The Kier molecular flexibility index (Phi) is 16.5. The summed E-state index contributed by atoms with van der Waals surface area (Å²) in [5.74, 6) is -0.259. The van der Waals surface area contributed by atoms with Crippen molar-refractivity contribution in [1.29, 1.82) is 0 Å². The number of carbonyl (C=O) groups excluding carboxylic acids is 1. The summed E-state index contributed by atoms with van der Waals surface area (Å²) in [5, 5.41) is 0. The second kappa shape index (κ2) is 17.3. The van der Waals surface area contributed by atoms with E-state index in [1.54, 1.807) is 6.92 Å². The maximum absolute atomic E-state index is 11.2. The second-order valence-corrected chi connectivity index (χ2v) is 6.59. The number of rotatable bonds is 17. The van der Waals surface area contributed by atoms with E-state index in [1.807, 2.05) is 6.08 Å². The molecule has 0 atom stereocenters. The number of hydrogen-bond donors (Lipinski definition) is 0. The minimum atomic E-state index is -0.259. The monoisotopic (exact) mass is 322 g/mol. The molecular weight excluding hydrogens is 284 g/mol. The molecule has 0 heterocycles. The van der Waals surface area contributed by atoms with Gasteiger partial charge in [0.05, 0.1) is 6.61 Å². The van der Waals surface area contributed by atoms with Crippen molar-refractivity contribution in [3.8, 4) is 0 Å². The van der Waals surface area contributed by atoms with Gasteiger partial charge in [0.2, 0.25) is 0 Å². The molecule has 0 unspecified atom stereocenters. The number of esters is 1. The number of hydrogen-bond acceptors (Lipinski definition) is 2. The van der Waals surface area contributed by atoms with Crippen LogP contribution in [0.1, 0.15) is 96.8 Å². The Hall–Kier alpha value is -1.05. The van der Waals surface area contributed by atoms with Gasteiger partial charge in [0.1, 0.15) is 0 Å². The Morgan fingerprint density at radius 1 is 0.783 bits per heavy atom. The zero-order valence-corrected chi connectivity index (χ0v) is 15.4. The van der Waals surface area contributed by atoms with E-state index in [2.05, 4.69) is 13.2 Å². The first-order valence-electron chi connectivity index (χ1n) is 9.62. The minimum absolute atomic E-state index is 0.259. The van der Waals surface area contributed by atoms with Crippen molar-refractivity contribution >= 4 is 5.97 Å². The van der Waals surface area contributed by atoms with Gasteiger partial charge >= 0.3 is 5.97 Å². The molecule has 0 amide bonds. The third-order valence-electron chi connectivity index (χ3n) is 4.13. The molecule has 0 radical (unpaired) electrons. The highest BCUT2D eigenvalue weighted by molar-refractivity contribution is 5.86. The SMILES string of the molecule is C=CCCCCCCCCCCCCCCCOC(=O)C(=C)C. The van der Waals surface area contributed by atoms with E-state index in [1.165, 1.54) is 77.0 Å². The van der Waals surface area contributed by atoms with Crippen LogP contribution in [0.4, 0.5) is 0 Å². The molecule has 2 nitrogen and oxygen atoms in total. The van der Waals surface area contributed by atoms with E-state index in [4.69, 9.17) is 4.74 Å². The normalized spacial score (nSPS) is 10.5. The summed E-state index contributed by atoms with van der Waals surface area (Å²) in [6.07, 6.45) is 20.3. The van der Waals surface area contributed by atoms with Crippen molar-refractivity contribution in [2.75, 3.05) is 6.61 Å². The van der Waals surface area contributed by atoms with Crippen LogP contribution in [0.2, 0.25) is 0 Å². The van der Waals surface area contributed by atoms with E-state index >= 15 is 0 Å². The van der Waals surface area contributed by atoms with Gasteiger partial charge in [-0.3, -0.25) is 0 Å². The van der Waals surface area contributed by atoms with E-state index in [0.29, 0.717) is 12.2 Å². The third-order valence-corrected chi connectivity index (χ3v) is 4.13. The van der Waals surface area contributed by atoms with Crippen molar-refractivity contribution in [1.82, 2.24) is 0 Å². The van der Waals surface area contributed by atoms with E-state index in [0.717, 1.165) is 12.8 Å². The summed E-state index contributed by atoms with van der Waals surface area (Å²) in [7, 11) is 0. The molecule has 0 rings (SSSR count). The molecule has 134 valence electrons. The summed E-state index contributed by atoms with van der Waals surface area (Å²) in [4.78, 5) is 11.2. The molecule has 0 spiro atoms. The summed E-state index contributed by atoms with van der Waals surface area (Å²) in [6.45, 7) is 9.55. The lowest BCUT2D eigenvalue weighted by Crippen LogP contribution is -2.05. The molecule has 0 aromatic heterocycles. The predicted octanol–water partition coefficient (Wildman–Crippen LogP) is 6.75. The van der Waals surface area contributed by atoms with Crippen LogP contribution in [0.25, 0.3) is 0 Å². The average molecular weight is 323 g/mol. The molecule has 0 bridgehead atoms. The van der Waals surface area contributed by atoms with Gasteiger partial charge in [0, 0.05) is 5.57 Å². The molecule has 23 heavy (non-hydrogen) atoms. The first-order valence-corrected chi connectivity index (χ1v) is 9.62. The van der Waals surface area contributed by atoms with Crippen molar-refractivity contribution in [3.05, 3.63) is 24.8 Å².